The monoisotopic (exact) mass is 224 g/mol. The molecule has 1 fully saturated rings. The predicted octanol–water partition coefficient (Wildman–Crippen LogP) is 0.289. The third kappa shape index (κ3) is 1.88. The Labute approximate surface area is 93.5 Å². The molecule has 1 aliphatic rings. The number of carbonyl (C=O) groups excluding carboxylic acids is 1. The van der Waals surface area contributed by atoms with Gasteiger partial charge in [0.25, 0.3) is 5.91 Å². The van der Waals surface area contributed by atoms with Crippen LogP contribution in [0.4, 0.5) is 5.82 Å². The van der Waals surface area contributed by atoms with Crippen LogP contribution in [0.15, 0.2) is 6.07 Å². The van der Waals surface area contributed by atoms with Gasteiger partial charge in [0.05, 0.1) is 11.6 Å². The Balaban J connectivity index is 2.07. The summed E-state index contributed by atoms with van der Waals surface area (Å²) in [6, 6.07) is 1.51. The number of aromatic nitrogens is 2. The molecule has 2 rings (SSSR count). The van der Waals surface area contributed by atoms with Gasteiger partial charge in [-0.25, -0.2) is 0 Å². The van der Waals surface area contributed by atoms with E-state index in [2.05, 4.69) is 15.5 Å². The predicted molar refractivity (Wildman–Crippen MR) is 58.9 cm³/mol. The summed E-state index contributed by atoms with van der Waals surface area (Å²) in [5.41, 5.74) is 5.49. The molecule has 0 aromatic carbocycles. The van der Waals surface area contributed by atoms with Gasteiger partial charge in [-0.15, -0.1) is 0 Å². The highest BCUT2D eigenvalue weighted by molar-refractivity contribution is 5.93. The Morgan fingerprint density at radius 1 is 1.81 bits per heavy atom. The minimum Gasteiger partial charge on any atom is -0.382 e. The van der Waals surface area contributed by atoms with E-state index in [9.17, 15) is 4.79 Å². The topological polar surface area (TPSA) is 93.0 Å². The van der Waals surface area contributed by atoms with Crippen LogP contribution in [0.5, 0.6) is 0 Å². The van der Waals surface area contributed by atoms with Gasteiger partial charge in [0, 0.05) is 12.7 Å². The number of ether oxygens (including phenoxy) is 1. The van der Waals surface area contributed by atoms with Crippen LogP contribution >= 0.6 is 0 Å². The maximum Gasteiger partial charge on any atom is 0.269 e. The van der Waals surface area contributed by atoms with Crippen molar-refractivity contribution < 1.29 is 9.53 Å². The lowest BCUT2D eigenvalue weighted by Crippen LogP contribution is -2.50. The molecule has 1 aromatic rings. The van der Waals surface area contributed by atoms with Crippen LogP contribution in [0.1, 0.15) is 30.8 Å². The van der Waals surface area contributed by atoms with Crippen LogP contribution in [0.3, 0.4) is 0 Å². The van der Waals surface area contributed by atoms with Crippen molar-refractivity contribution in [2.75, 3.05) is 12.3 Å². The summed E-state index contributed by atoms with van der Waals surface area (Å²) in [6.45, 7) is 4.60. The number of anilines is 1. The summed E-state index contributed by atoms with van der Waals surface area (Å²) >= 11 is 0. The number of hydrogen-bond acceptors (Lipinski definition) is 4. The highest BCUT2D eigenvalue weighted by Crippen LogP contribution is 2.25. The van der Waals surface area contributed by atoms with E-state index >= 15 is 0 Å². The van der Waals surface area contributed by atoms with Crippen molar-refractivity contribution in [3.8, 4) is 0 Å². The summed E-state index contributed by atoms with van der Waals surface area (Å²) in [4.78, 5) is 11.9. The lowest BCUT2D eigenvalue weighted by molar-refractivity contribution is 0.0724. The fourth-order valence-electron chi connectivity index (χ4n) is 1.78. The maximum atomic E-state index is 11.9. The average Bonchev–Trinajstić information content (AvgIpc) is 2.76. The third-order valence-electron chi connectivity index (χ3n) is 3.13. The molecule has 0 aliphatic carbocycles. The molecule has 0 spiro atoms. The third-order valence-corrected chi connectivity index (χ3v) is 3.13. The minimum absolute atomic E-state index is 0.0109. The van der Waals surface area contributed by atoms with Crippen LogP contribution in [0.25, 0.3) is 0 Å². The molecule has 1 saturated heterocycles. The van der Waals surface area contributed by atoms with Gasteiger partial charge in [0.1, 0.15) is 11.5 Å². The number of nitrogens with zero attached hydrogens (tertiary/aromatic N) is 1. The normalized spacial score (nSPS) is 29.2. The van der Waals surface area contributed by atoms with Crippen molar-refractivity contribution >= 4 is 11.7 Å². The smallest absolute Gasteiger partial charge is 0.269 e. The van der Waals surface area contributed by atoms with Gasteiger partial charge in [-0.3, -0.25) is 9.89 Å². The molecule has 4 N–H and O–H groups in total. The van der Waals surface area contributed by atoms with Crippen molar-refractivity contribution in [2.45, 2.75) is 31.9 Å². The molecule has 1 aliphatic heterocycles. The quantitative estimate of drug-likeness (QED) is 0.673. The van der Waals surface area contributed by atoms with Gasteiger partial charge in [-0.2, -0.15) is 5.10 Å². The van der Waals surface area contributed by atoms with E-state index in [-0.39, 0.29) is 17.6 Å². The molecular weight excluding hydrogens is 208 g/mol. The first-order chi connectivity index (χ1) is 7.51. The molecule has 2 heterocycles. The van der Waals surface area contributed by atoms with E-state index in [4.69, 9.17) is 10.5 Å². The first-order valence-corrected chi connectivity index (χ1v) is 5.26. The molecule has 6 nitrogen and oxygen atoms in total. The SMILES string of the molecule is CC1OCCC1(C)NC(=O)c1cc(N)n[nH]1. The number of amides is 1. The number of H-pyrrole nitrogens is 1. The molecule has 0 radical (unpaired) electrons. The van der Waals surface area contributed by atoms with Crippen LogP contribution < -0.4 is 11.1 Å². The highest BCUT2D eigenvalue weighted by Gasteiger charge is 2.38. The van der Waals surface area contributed by atoms with E-state index in [0.717, 1.165) is 6.42 Å². The number of hydrogen-bond donors (Lipinski definition) is 3. The van der Waals surface area contributed by atoms with Crippen molar-refractivity contribution in [2.24, 2.45) is 0 Å². The molecule has 2 unspecified atom stereocenters. The van der Waals surface area contributed by atoms with Crippen molar-refractivity contribution in [3.05, 3.63) is 11.8 Å². The summed E-state index contributed by atoms with van der Waals surface area (Å²) in [5.74, 6) is 0.107. The zero-order valence-corrected chi connectivity index (χ0v) is 9.41. The molecule has 1 aromatic heterocycles. The maximum absolute atomic E-state index is 11.9. The van der Waals surface area contributed by atoms with Crippen LogP contribution in [0.2, 0.25) is 0 Å². The molecule has 0 saturated carbocycles. The van der Waals surface area contributed by atoms with E-state index in [0.29, 0.717) is 18.1 Å². The van der Waals surface area contributed by atoms with Gasteiger partial charge in [0.2, 0.25) is 0 Å². The number of nitrogens with two attached hydrogens (primary N) is 1. The summed E-state index contributed by atoms with van der Waals surface area (Å²) in [6.07, 6.45) is 0.820. The second kappa shape index (κ2) is 3.79. The number of aromatic amines is 1. The van der Waals surface area contributed by atoms with Crippen molar-refractivity contribution in [1.82, 2.24) is 15.5 Å². The largest absolute Gasteiger partial charge is 0.382 e. The number of nitrogens with one attached hydrogen (secondary N) is 2. The second-order valence-corrected chi connectivity index (χ2v) is 4.34. The Morgan fingerprint density at radius 3 is 3.06 bits per heavy atom. The van der Waals surface area contributed by atoms with Crippen LogP contribution in [0, 0.1) is 0 Å². The molecule has 0 bridgehead atoms. The Hall–Kier alpha value is -1.56. The van der Waals surface area contributed by atoms with Gasteiger partial charge < -0.3 is 15.8 Å². The molecule has 6 heteroatoms. The first kappa shape index (κ1) is 10.9. The van der Waals surface area contributed by atoms with E-state index in [1.807, 2.05) is 13.8 Å². The molecular formula is C10H16N4O2. The molecule has 2 atom stereocenters. The fourth-order valence-corrected chi connectivity index (χ4v) is 1.78. The number of carbonyl (C=O) groups is 1. The lowest BCUT2D eigenvalue weighted by atomic mass is 9.94. The lowest BCUT2D eigenvalue weighted by Gasteiger charge is -2.28. The zero-order chi connectivity index (χ0) is 11.8. The van der Waals surface area contributed by atoms with Gasteiger partial charge in [-0.05, 0) is 20.3 Å². The first-order valence-electron chi connectivity index (χ1n) is 5.26. The minimum atomic E-state index is -0.322. The highest BCUT2D eigenvalue weighted by atomic mass is 16.5. The Bertz CT molecular complexity index is 403. The van der Waals surface area contributed by atoms with Crippen LogP contribution in [-0.2, 0) is 4.74 Å². The number of nitrogen functional groups attached to an aromatic ring is 1. The Morgan fingerprint density at radius 2 is 2.56 bits per heavy atom. The molecule has 16 heavy (non-hydrogen) atoms. The Kier molecular flexibility index (Phi) is 2.59. The van der Waals surface area contributed by atoms with E-state index in [1.54, 1.807) is 0 Å². The molecule has 88 valence electrons. The summed E-state index contributed by atoms with van der Waals surface area (Å²) in [5, 5.41) is 9.24. The van der Waals surface area contributed by atoms with E-state index in [1.165, 1.54) is 6.07 Å². The summed E-state index contributed by atoms with van der Waals surface area (Å²) in [7, 11) is 0. The second-order valence-electron chi connectivity index (χ2n) is 4.34. The van der Waals surface area contributed by atoms with Crippen LogP contribution in [-0.4, -0.2) is 34.4 Å². The van der Waals surface area contributed by atoms with Gasteiger partial charge in [0.15, 0.2) is 0 Å². The van der Waals surface area contributed by atoms with Crippen molar-refractivity contribution in [1.29, 1.82) is 0 Å². The van der Waals surface area contributed by atoms with Gasteiger partial charge in [-0.1, -0.05) is 0 Å². The fraction of sp³-hybridized carbons (Fsp3) is 0.600. The number of rotatable bonds is 2. The average molecular weight is 224 g/mol. The van der Waals surface area contributed by atoms with Crippen molar-refractivity contribution in [3.63, 3.8) is 0 Å². The summed E-state index contributed by atoms with van der Waals surface area (Å²) < 4.78 is 5.45. The standard InChI is InChI=1S/C10H16N4O2/c1-6-10(2,3-4-16-6)12-9(15)7-5-8(11)14-13-7/h5-6H,3-4H2,1-2H3,(H,12,15)(H3,11,13,14). The van der Waals surface area contributed by atoms with E-state index < -0.39 is 0 Å². The zero-order valence-electron chi connectivity index (χ0n) is 9.41. The molecule has 1 amide bonds. The van der Waals surface area contributed by atoms with Gasteiger partial charge >= 0.3 is 0 Å².